The summed E-state index contributed by atoms with van der Waals surface area (Å²) in [5.74, 6) is -0.246. The van der Waals surface area contributed by atoms with E-state index in [9.17, 15) is 19.7 Å². The molecule has 10 nitrogen and oxygen atoms in total. The van der Waals surface area contributed by atoms with Crippen molar-refractivity contribution in [2.45, 2.75) is 0 Å². The minimum absolute atomic E-state index is 0.0404. The van der Waals surface area contributed by atoms with Crippen LogP contribution in [0.15, 0.2) is 42.1 Å². The average Bonchev–Trinajstić information content (AvgIpc) is 2.75. The summed E-state index contributed by atoms with van der Waals surface area (Å²) in [4.78, 5) is 41.4. The van der Waals surface area contributed by atoms with Gasteiger partial charge in [0.25, 0.3) is 17.5 Å². The Balaban J connectivity index is 1.89. The molecule has 1 aromatic carbocycles. The fourth-order valence-corrected chi connectivity index (χ4v) is 2.82. The topological polar surface area (TPSA) is 115 Å². The van der Waals surface area contributed by atoms with Crippen LogP contribution in [0, 0.1) is 10.1 Å². The lowest BCUT2D eigenvalue weighted by molar-refractivity contribution is -0.385. The van der Waals surface area contributed by atoms with Crippen LogP contribution in [0.25, 0.3) is 6.08 Å². The molecule has 0 radical (unpaired) electrons. The van der Waals surface area contributed by atoms with E-state index < -0.39 is 16.7 Å². The SMILES string of the molecule is COc1cc(C=C2C(=O)N(C)C(=S)N(C)C2=O)ccc1Oc1ccc([N+](=O)[O-])cn1. The number of ether oxygens (including phenoxy) is 2. The van der Waals surface area contributed by atoms with Crippen molar-refractivity contribution in [3.05, 3.63) is 57.8 Å². The summed E-state index contributed by atoms with van der Waals surface area (Å²) in [5.41, 5.74) is 0.330. The number of likely N-dealkylation sites (N-methyl/N-ethyl adjacent to an activating group) is 2. The molecular formula is C19H16N4O6S. The number of nitrogens with zero attached hydrogens (tertiary/aromatic N) is 4. The van der Waals surface area contributed by atoms with Crippen LogP contribution in [0.2, 0.25) is 0 Å². The Morgan fingerprint density at radius 3 is 2.30 bits per heavy atom. The Kier molecular flexibility index (Phi) is 5.74. The molecule has 2 heterocycles. The van der Waals surface area contributed by atoms with E-state index in [1.807, 2.05) is 0 Å². The third-order valence-corrected chi connectivity index (χ3v) is 4.84. The van der Waals surface area contributed by atoms with Gasteiger partial charge in [-0.3, -0.25) is 29.5 Å². The zero-order valence-corrected chi connectivity index (χ0v) is 17.0. The van der Waals surface area contributed by atoms with Crippen molar-refractivity contribution >= 4 is 40.9 Å². The lowest BCUT2D eigenvalue weighted by Gasteiger charge is -2.31. The minimum Gasteiger partial charge on any atom is -0.493 e. The van der Waals surface area contributed by atoms with E-state index in [0.717, 1.165) is 6.20 Å². The highest BCUT2D eigenvalue weighted by molar-refractivity contribution is 7.80. The lowest BCUT2D eigenvalue weighted by atomic mass is 10.1. The maximum atomic E-state index is 12.4. The Morgan fingerprint density at radius 2 is 1.77 bits per heavy atom. The number of amides is 2. The summed E-state index contributed by atoms with van der Waals surface area (Å²) < 4.78 is 10.9. The van der Waals surface area contributed by atoms with Crippen molar-refractivity contribution < 1.29 is 24.0 Å². The van der Waals surface area contributed by atoms with Crippen LogP contribution < -0.4 is 9.47 Å². The van der Waals surface area contributed by atoms with Gasteiger partial charge in [0.15, 0.2) is 16.6 Å². The van der Waals surface area contributed by atoms with Crippen LogP contribution in [-0.2, 0) is 9.59 Å². The van der Waals surface area contributed by atoms with E-state index in [2.05, 4.69) is 4.98 Å². The second kappa shape index (κ2) is 8.25. The number of benzene rings is 1. The van der Waals surface area contributed by atoms with Gasteiger partial charge in [0.1, 0.15) is 11.8 Å². The molecule has 2 amide bonds. The van der Waals surface area contributed by atoms with Crippen LogP contribution in [0.1, 0.15) is 5.56 Å². The van der Waals surface area contributed by atoms with Gasteiger partial charge >= 0.3 is 0 Å². The van der Waals surface area contributed by atoms with E-state index in [-0.39, 0.29) is 22.3 Å². The number of hydrogen-bond donors (Lipinski definition) is 0. The molecule has 1 saturated heterocycles. The number of rotatable bonds is 5. The first kappa shape index (κ1) is 20.9. The molecule has 1 aliphatic rings. The van der Waals surface area contributed by atoms with Crippen molar-refractivity contribution in [3.63, 3.8) is 0 Å². The van der Waals surface area contributed by atoms with Gasteiger partial charge in [0.05, 0.1) is 12.0 Å². The molecule has 1 fully saturated rings. The summed E-state index contributed by atoms with van der Waals surface area (Å²) in [5, 5.41) is 10.8. The fourth-order valence-electron chi connectivity index (χ4n) is 2.65. The molecule has 0 N–H and O–H groups in total. The molecule has 1 aliphatic heterocycles. The van der Waals surface area contributed by atoms with Crippen molar-refractivity contribution in [1.29, 1.82) is 0 Å². The van der Waals surface area contributed by atoms with Crippen molar-refractivity contribution in [2.24, 2.45) is 0 Å². The quantitative estimate of drug-likeness (QED) is 0.234. The van der Waals surface area contributed by atoms with Crippen LogP contribution in [0.3, 0.4) is 0 Å². The maximum Gasteiger partial charge on any atom is 0.287 e. The summed E-state index contributed by atoms with van der Waals surface area (Å²) in [6, 6.07) is 7.42. The standard InChI is InChI=1S/C19H16N4O6S/c1-21-17(24)13(18(25)22(2)19(21)30)8-11-4-6-14(15(9-11)28-3)29-16-7-5-12(10-20-16)23(26)27/h4-10H,1-3H3. The largest absolute Gasteiger partial charge is 0.493 e. The molecule has 3 rings (SSSR count). The van der Waals surface area contributed by atoms with Crippen molar-refractivity contribution in [2.75, 3.05) is 21.2 Å². The Hall–Kier alpha value is -3.86. The van der Waals surface area contributed by atoms with Gasteiger partial charge in [-0.2, -0.15) is 0 Å². The lowest BCUT2D eigenvalue weighted by Crippen LogP contribution is -2.52. The van der Waals surface area contributed by atoms with Gasteiger partial charge in [0, 0.05) is 26.2 Å². The number of methoxy groups -OCH3 is 1. The predicted molar refractivity (Wildman–Crippen MR) is 110 cm³/mol. The van der Waals surface area contributed by atoms with Gasteiger partial charge in [-0.1, -0.05) is 6.07 Å². The summed E-state index contributed by atoms with van der Waals surface area (Å²) in [7, 11) is 4.42. The van der Waals surface area contributed by atoms with E-state index in [1.165, 1.54) is 49.2 Å². The first-order chi connectivity index (χ1) is 14.2. The third-order valence-electron chi connectivity index (χ3n) is 4.29. The zero-order valence-electron chi connectivity index (χ0n) is 16.2. The molecule has 0 unspecified atom stereocenters. The van der Waals surface area contributed by atoms with Gasteiger partial charge in [-0.05, 0) is 36.0 Å². The maximum absolute atomic E-state index is 12.4. The molecule has 0 atom stereocenters. The highest BCUT2D eigenvalue weighted by atomic mass is 32.1. The number of aromatic nitrogens is 1. The number of carbonyl (C=O) groups excluding carboxylic acids is 2. The molecule has 0 bridgehead atoms. The van der Waals surface area contributed by atoms with Crippen LogP contribution in [0.5, 0.6) is 17.4 Å². The zero-order chi connectivity index (χ0) is 22.0. The first-order valence-electron chi connectivity index (χ1n) is 8.51. The van der Waals surface area contributed by atoms with Crippen LogP contribution in [-0.4, -0.2) is 57.8 Å². The fraction of sp³-hybridized carbons (Fsp3) is 0.158. The first-order valence-corrected chi connectivity index (χ1v) is 8.92. The Morgan fingerprint density at radius 1 is 1.10 bits per heavy atom. The highest BCUT2D eigenvalue weighted by Crippen LogP contribution is 2.33. The van der Waals surface area contributed by atoms with Gasteiger partial charge in [0.2, 0.25) is 5.88 Å². The molecule has 0 spiro atoms. The minimum atomic E-state index is -0.560. The molecule has 1 aromatic heterocycles. The van der Waals surface area contributed by atoms with Crippen molar-refractivity contribution in [3.8, 4) is 17.4 Å². The number of thiocarbonyl (C=S) groups is 1. The predicted octanol–water partition coefficient (Wildman–Crippen LogP) is 2.39. The Labute approximate surface area is 176 Å². The number of pyridine rings is 1. The molecule has 30 heavy (non-hydrogen) atoms. The molecule has 2 aromatic rings. The molecular weight excluding hydrogens is 412 g/mol. The van der Waals surface area contributed by atoms with E-state index in [1.54, 1.807) is 18.2 Å². The monoisotopic (exact) mass is 428 g/mol. The smallest absolute Gasteiger partial charge is 0.287 e. The molecule has 0 aliphatic carbocycles. The number of nitro groups is 1. The average molecular weight is 428 g/mol. The van der Waals surface area contributed by atoms with Crippen LogP contribution in [0.4, 0.5) is 5.69 Å². The van der Waals surface area contributed by atoms with E-state index >= 15 is 0 Å². The van der Waals surface area contributed by atoms with E-state index in [0.29, 0.717) is 17.1 Å². The number of carbonyl (C=O) groups is 2. The van der Waals surface area contributed by atoms with E-state index in [4.69, 9.17) is 21.7 Å². The normalized spacial score (nSPS) is 14.1. The second-order valence-electron chi connectivity index (χ2n) is 6.19. The summed E-state index contributed by atoms with van der Waals surface area (Å²) in [6.07, 6.45) is 2.52. The van der Waals surface area contributed by atoms with Crippen molar-refractivity contribution in [1.82, 2.24) is 14.8 Å². The molecule has 11 heteroatoms. The third kappa shape index (κ3) is 3.96. The Bertz CT molecular complexity index is 1060. The molecule has 0 saturated carbocycles. The van der Waals surface area contributed by atoms with Gasteiger partial charge < -0.3 is 9.47 Å². The summed E-state index contributed by atoms with van der Waals surface area (Å²) in [6.45, 7) is 0. The second-order valence-corrected chi connectivity index (χ2v) is 6.56. The van der Waals surface area contributed by atoms with Crippen LogP contribution >= 0.6 is 12.2 Å². The summed E-state index contributed by atoms with van der Waals surface area (Å²) >= 11 is 5.07. The van der Waals surface area contributed by atoms with Gasteiger partial charge in [-0.15, -0.1) is 0 Å². The highest BCUT2D eigenvalue weighted by Gasteiger charge is 2.35. The molecule has 154 valence electrons. The number of hydrogen-bond acceptors (Lipinski definition) is 8. The van der Waals surface area contributed by atoms with Gasteiger partial charge in [-0.25, -0.2) is 4.98 Å².